The Labute approximate surface area is 312 Å². The lowest BCUT2D eigenvalue weighted by Crippen LogP contribution is -2.68. The minimum Gasteiger partial charge on any atom is -0.394 e. The molecule has 10 nitrogen and oxygen atoms in total. The molecule has 0 aromatic heterocycles. The summed E-state index contributed by atoms with van der Waals surface area (Å²) >= 11 is 0. The summed E-state index contributed by atoms with van der Waals surface area (Å²) in [6.45, 7) is 22.6. The second-order valence-electron chi connectivity index (χ2n) is 20.9. The smallest absolute Gasteiger partial charge is 0.170 e. The van der Waals surface area contributed by atoms with Crippen LogP contribution in [0.5, 0.6) is 0 Å². The first-order chi connectivity index (χ1) is 24.6. The molecular formula is C42H70N2O8. The van der Waals surface area contributed by atoms with Crippen molar-refractivity contribution in [2.24, 2.45) is 50.7 Å². The highest BCUT2D eigenvalue weighted by Crippen LogP contribution is 2.89. The van der Waals surface area contributed by atoms with Crippen molar-refractivity contribution in [3.63, 3.8) is 0 Å². The van der Waals surface area contributed by atoms with Crippen LogP contribution in [0.1, 0.15) is 99.8 Å². The van der Waals surface area contributed by atoms with Crippen LogP contribution in [0.2, 0.25) is 0 Å². The number of ether oxygens (including phenoxy) is 5. The van der Waals surface area contributed by atoms with E-state index in [9.17, 15) is 15.3 Å². The number of rotatable bonds is 9. The molecule has 296 valence electrons. The first-order valence-electron chi connectivity index (χ1n) is 21.2. The molecule has 3 N–H and O–H groups in total. The Bertz CT molecular complexity index is 1350. The molecule has 0 bridgehead atoms. The quantitative estimate of drug-likeness (QED) is 0.321. The maximum atomic E-state index is 12.7. The number of hydrogen-bond donors (Lipinski definition) is 3. The molecule has 5 aliphatic carbocycles. The van der Waals surface area contributed by atoms with Gasteiger partial charge in [-0.05, 0) is 111 Å². The molecule has 0 aromatic rings. The molecule has 4 saturated heterocycles. The average molecular weight is 731 g/mol. The molecule has 52 heavy (non-hydrogen) atoms. The number of fused-ring (bicyclic) bond motifs is 4. The first kappa shape index (κ1) is 37.2. The van der Waals surface area contributed by atoms with Crippen LogP contribution in [0.25, 0.3) is 0 Å². The lowest BCUT2D eigenvalue weighted by atomic mass is 9.41. The molecule has 2 spiro atoms. The summed E-state index contributed by atoms with van der Waals surface area (Å²) < 4.78 is 31.8. The van der Waals surface area contributed by atoms with Crippen molar-refractivity contribution < 1.29 is 39.0 Å². The van der Waals surface area contributed by atoms with Crippen molar-refractivity contribution in [1.82, 2.24) is 9.80 Å². The van der Waals surface area contributed by atoms with E-state index in [1.54, 1.807) is 13.8 Å². The SMILES string of the molecule is C[C@@H]1C[C@H]([C@H](OCCO)C(C)(C)O)O[C@H]2[C@H]1[C@@]1(C)CC[C@@]34CC35CC[C@H](O[C@H]3CN(C6CN(C7COC7)C6)CCO3)C(C)(C)[C@@H]5CC[C@H]4[C@]1(C)[C@H]2O. The molecule has 9 fully saturated rings. The normalized spacial score (nSPS) is 51.2. The zero-order valence-electron chi connectivity index (χ0n) is 33.2. The van der Waals surface area contributed by atoms with Crippen molar-refractivity contribution >= 4 is 0 Å². The summed E-state index contributed by atoms with van der Waals surface area (Å²) in [6.07, 6.45) is 7.45. The Hall–Kier alpha value is -0.400. The largest absolute Gasteiger partial charge is 0.394 e. The van der Waals surface area contributed by atoms with E-state index in [2.05, 4.69) is 44.4 Å². The average Bonchev–Trinajstić information content (AvgIpc) is 3.67. The Morgan fingerprint density at radius 2 is 1.65 bits per heavy atom. The first-order valence-corrected chi connectivity index (χ1v) is 21.2. The second kappa shape index (κ2) is 12.5. The lowest BCUT2D eigenvalue weighted by Gasteiger charge is -2.64. The molecule has 0 amide bonds. The third-order valence-electron chi connectivity index (χ3n) is 18.1. The van der Waals surface area contributed by atoms with Gasteiger partial charge in [0, 0.05) is 37.6 Å². The molecule has 1 unspecified atom stereocenters. The zero-order chi connectivity index (χ0) is 36.6. The highest BCUT2D eigenvalue weighted by molar-refractivity contribution is 5.33. The number of aliphatic hydroxyl groups is 3. The zero-order valence-corrected chi connectivity index (χ0v) is 33.2. The van der Waals surface area contributed by atoms with E-state index in [4.69, 9.17) is 23.7 Å². The molecule has 9 rings (SSSR count). The number of morpholine rings is 1. The van der Waals surface area contributed by atoms with Crippen LogP contribution in [0.15, 0.2) is 0 Å². The fraction of sp³-hybridized carbons (Fsp3) is 1.00. The Morgan fingerprint density at radius 1 is 0.923 bits per heavy atom. The Kier molecular flexibility index (Phi) is 8.98. The van der Waals surface area contributed by atoms with E-state index >= 15 is 0 Å². The van der Waals surface area contributed by atoms with Crippen LogP contribution >= 0.6 is 0 Å². The maximum Gasteiger partial charge on any atom is 0.170 e. The van der Waals surface area contributed by atoms with Crippen molar-refractivity contribution in [1.29, 1.82) is 0 Å². The Balaban J connectivity index is 0.903. The topological polar surface area (TPSA) is 113 Å². The predicted octanol–water partition coefficient (Wildman–Crippen LogP) is 4.07. The highest BCUT2D eigenvalue weighted by Gasteiger charge is 2.84. The summed E-state index contributed by atoms with van der Waals surface area (Å²) in [5.74, 6) is 1.68. The Morgan fingerprint density at radius 3 is 2.35 bits per heavy atom. The van der Waals surface area contributed by atoms with E-state index in [1.165, 1.54) is 25.7 Å². The minimum atomic E-state index is -1.12. The predicted molar refractivity (Wildman–Crippen MR) is 195 cm³/mol. The fourth-order valence-corrected chi connectivity index (χ4v) is 15.4. The van der Waals surface area contributed by atoms with Gasteiger partial charge in [0.2, 0.25) is 0 Å². The fourth-order valence-electron chi connectivity index (χ4n) is 15.4. The van der Waals surface area contributed by atoms with Crippen LogP contribution in [0, 0.1) is 50.7 Å². The van der Waals surface area contributed by atoms with Gasteiger partial charge in [-0.25, -0.2) is 0 Å². The molecule has 5 saturated carbocycles. The number of likely N-dealkylation sites (tertiary alicyclic amines) is 1. The van der Waals surface area contributed by atoms with E-state index in [0.717, 1.165) is 71.7 Å². The van der Waals surface area contributed by atoms with Gasteiger partial charge in [0.05, 0.1) is 69.1 Å². The molecule has 9 aliphatic rings. The number of hydrogen-bond acceptors (Lipinski definition) is 10. The molecule has 4 heterocycles. The second-order valence-corrected chi connectivity index (χ2v) is 20.9. The van der Waals surface area contributed by atoms with Crippen LogP contribution in [-0.4, -0.2) is 139 Å². The van der Waals surface area contributed by atoms with Gasteiger partial charge in [-0.15, -0.1) is 0 Å². The molecule has 0 aromatic carbocycles. The van der Waals surface area contributed by atoms with Crippen LogP contribution in [0.3, 0.4) is 0 Å². The monoisotopic (exact) mass is 731 g/mol. The van der Waals surface area contributed by atoms with Gasteiger partial charge in [0.25, 0.3) is 0 Å². The summed E-state index contributed by atoms with van der Waals surface area (Å²) in [7, 11) is 0. The van der Waals surface area contributed by atoms with Gasteiger partial charge in [-0.1, -0.05) is 34.6 Å². The molecular weight excluding hydrogens is 660 g/mol. The highest BCUT2D eigenvalue weighted by atomic mass is 16.7. The van der Waals surface area contributed by atoms with E-state index < -0.39 is 17.8 Å². The summed E-state index contributed by atoms with van der Waals surface area (Å²) in [5, 5.41) is 33.3. The molecule has 4 aliphatic heterocycles. The van der Waals surface area contributed by atoms with E-state index in [0.29, 0.717) is 35.3 Å². The molecule has 14 atom stereocenters. The van der Waals surface area contributed by atoms with Gasteiger partial charge in [-0.2, -0.15) is 0 Å². The summed E-state index contributed by atoms with van der Waals surface area (Å²) in [5.41, 5.74) is -0.715. The third-order valence-corrected chi connectivity index (χ3v) is 18.1. The number of aliphatic hydroxyl groups excluding tert-OH is 2. The standard InChI is InChI=1S/C42H70N2O8/c1-25-18-28(36(38(4,5)47)50-17-15-45)51-34-33(25)39(6)12-13-42-24-41(42)11-10-31(37(2,3)29(41)8-9-30(42)40(39,7)35(34)46)52-32-21-43(14-16-49-32)26-19-44(20-26)27-22-48-23-27/h25-36,45-47H,8-24H2,1-7H3/t25-,28-,29+,30+,31+,32+,33+,34+,35+,36+,39-,40-,41?,42+/m1/s1. The van der Waals surface area contributed by atoms with Gasteiger partial charge in [-0.3, -0.25) is 9.80 Å². The third kappa shape index (κ3) is 5.10. The van der Waals surface area contributed by atoms with Crippen molar-refractivity contribution in [3.8, 4) is 0 Å². The van der Waals surface area contributed by atoms with Gasteiger partial charge < -0.3 is 39.0 Å². The van der Waals surface area contributed by atoms with E-state index in [-0.39, 0.29) is 65.4 Å². The van der Waals surface area contributed by atoms with Crippen molar-refractivity contribution in [2.45, 2.75) is 154 Å². The van der Waals surface area contributed by atoms with Gasteiger partial charge in [0.15, 0.2) is 6.29 Å². The van der Waals surface area contributed by atoms with Gasteiger partial charge in [0.1, 0.15) is 6.10 Å². The summed E-state index contributed by atoms with van der Waals surface area (Å²) in [4.78, 5) is 5.19. The number of nitrogens with zero attached hydrogens (tertiary/aromatic N) is 2. The van der Waals surface area contributed by atoms with E-state index in [1.807, 2.05) is 0 Å². The van der Waals surface area contributed by atoms with Crippen molar-refractivity contribution in [3.05, 3.63) is 0 Å². The minimum absolute atomic E-state index is 0.0205. The van der Waals surface area contributed by atoms with Crippen molar-refractivity contribution in [2.75, 3.05) is 59.2 Å². The maximum absolute atomic E-state index is 12.7. The molecule has 10 heteroatoms. The lowest BCUT2D eigenvalue weighted by molar-refractivity contribution is -0.254. The molecule has 0 radical (unpaired) electrons. The van der Waals surface area contributed by atoms with Crippen LogP contribution in [-0.2, 0) is 23.7 Å². The van der Waals surface area contributed by atoms with Crippen LogP contribution in [0.4, 0.5) is 0 Å². The summed E-state index contributed by atoms with van der Waals surface area (Å²) in [6, 6.07) is 1.23. The van der Waals surface area contributed by atoms with Gasteiger partial charge >= 0.3 is 0 Å². The van der Waals surface area contributed by atoms with Crippen LogP contribution < -0.4 is 0 Å².